The fourth-order valence-corrected chi connectivity index (χ4v) is 3.16. The molecule has 2 saturated heterocycles. The van der Waals surface area contributed by atoms with Gasteiger partial charge in [0, 0.05) is 13.1 Å². The predicted octanol–water partition coefficient (Wildman–Crippen LogP) is -1.09. The molecule has 0 bridgehead atoms. The molecule has 1 N–H and O–H groups in total. The number of nitrogens with one attached hydrogen (secondary N) is 1. The minimum atomic E-state index is -3.37. The quantitative estimate of drug-likeness (QED) is 0.589. The fraction of sp³-hybridized carbons (Fsp3) is 0.857. The summed E-state index contributed by atoms with van der Waals surface area (Å²) in [6, 6.07) is -0.148. The van der Waals surface area contributed by atoms with Crippen molar-refractivity contribution in [3.8, 4) is 0 Å². The molecule has 0 aliphatic carbocycles. The number of hydrogen-bond donors (Lipinski definition) is 1. The Bertz CT molecular complexity index is 356. The Kier molecular flexibility index (Phi) is 1.55. The second-order valence-electron chi connectivity index (χ2n) is 3.93. The molecule has 0 radical (unpaired) electrons. The zero-order valence-electron chi connectivity index (χ0n) is 7.57. The average molecular weight is 204 g/mol. The number of nitrogens with zero attached hydrogens (tertiary/aromatic N) is 1. The highest BCUT2D eigenvalue weighted by Gasteiger charge is 2.62. The lowest BCUT2D eigenvalue weighted by atomic mass is 10.1. The zero-order chi connectivity index (χ0) is 9.85. The van der Waals surface area contributed by atoms with Crippen LogP contribution in [0.2, 0.25) is 0 Å². The molecule has 0 aromatic heterocycles. The molecular formula is C7H12N2O3S. The van der Waals surface area contributed by atoms with Crippen LogP contribution in [0.1, 0.15) is 13.8 Å². The van der Waals surface area contributed by atoms with Crippen LogP contribution in [0, 0.1) is 0 Å². The number of rotatable bonds is 1. The Balaban J connectivity index is 2.30. The van der Waals surface area contributed by atoms with Gasteiger partial charge >= 0.3 is 0 Å². The molecule has 0 unspecified atom stereocenters. The standard InChI is InChI=1S/C7H12N2O3S/c1-7(2)6(10)9(13(7,11)12)5-3-8-4-5/h5,8H,3-4H2,1-2H3. The molecule has 5 nitrogen and oxygen atoms in total. The summed E-state index contributed by atoms with van der Waals surface area (Å²) in [4.78, 5) is 11.5. The van der Waals surface area contributed by atoms with Crippen molar-refractivity contribution in [2.45, 2.75) is 24.6 Å². The summed E-state index contributed by atoms with van der Waals surface area (Å²) in [6.07, 6.45) is 0. The molecule has 2 rings (SSSR count). The average Bonchev–Trinajstić information content (AvgIpc) is 1.94. The van der Waals surface area contributed by atoms with E-state index in [-0.39, 0.29) is 11.9 Å². The topological polar surface area (TPSA) is 66.5 Å². The van der Waals surface area contributed by atoms with Gasteiger partial charge in [0.25, 0.3) is 15.9 Å². The SMILES string of the molecule is CC1(C)C(=O)N(C2CNC2)S1(=O)=O. The Hall–Kier alpha value is -0.620. The maximum absolute atomic E-state index is 11.6. The van der Waals surface area contributed by atoms with Crippen LogP contribution in [-0.2, 0) is 14.8 Å². The molecule has 0 saturated carbocycles. The summed E-state index contributed by atoms with van der Waals surface area (Å²) < 4.78 is 23.0. The first-order valence-corrected chi connectivity index (χ1v) is 5.62. The first kappa shape index (κ1) is 8.96. The normalized spacial score (nSPS) is 30.9. The van der Waals surface area contributed by atoms with Gasteiger partial charge < -0.3 is 5.32 Å². The fourth-order valence-electron chi connectivity index (χ4n) is 1.49. The third-order valence-corrected chi connectivity index (χ3v) is 5.16. The van der Waals surface area contributed by atoms with E-state index in [1.807, 2.05) is 0 Å². The molecule has 6 heteroatoms. The summed E-state index contributed by atoms with van der Waals surface area (Å²) in [6.45, 7) is 4.07. The van der Waals surface area contributed by atoms with Crippen molar-refractivity contribution >= 4 is 15.9 Å². The molecule has 2 aliphatic rings. The van der Waals surface area contributed by atoms with Gasteiger partial charge in [-0.3, -0.25) is 4.79 Å². The summed E-state index contributed by atoms with van der Waals surface area (Å²) in [5, 5.41) is 2.94. The molecule has 0 atom stereocenters. The molecule has 2 fully saturated rings. The maximum atomic E-state index is 11.6. The number of carbonyl (C=O) groups is 1. The van der Waals surface area contributed by atoms with Crippen LogP contribution in [0.15, 0.2) is 0 Å². The van der Waals surface area contributed by atoms with Crippen LogP contribution in [0.5, 0.6) is 0 Å². The highest BCUT2D eigenvalue weighted by atomic mass is 32.2. The largest absolute Gasteiger partial charge is 0.312 e. The van der Waals surface area contributed by atoms with Gasteiger partial charge in [-0.25, -0.2) is 12.7 Å². The molecule has 2 heterocycles. The molecule has 13 heavy (non-hydrogen) atoms. The van der Waals surface area contributed by atoms with E-state index < -0.39 is 14.8 Å². The van der Waals surface area contributed by atoms with Crippen LogP contribution in [0.3, 0.4) is 0 Å². The molecule has 0 spiro atoms. The van der Waals surface area contributed by atoms with Gasteiger partial charge in [-0.2, -0.15) is 0 Å². The maximum Gasteiger partial charge on any atom is 0.259 e. The van der Waals surface area contributed by atoms with Crippen LogP contribution < -0.4 is 5.32 Å². The van der Waals surface area contributed by atoms with E-state index >= 15 is 0 Å². The van der Waals surface area contributed by atoms with Crippen molar-refractivity contribution < 1.29 is 13.2 Å². The number of amides is 1. The zero-order valence-corrected chi connectivity index (χ0v) is 8.39. The first-order chi connectivity index (χ1) is 5.89. The van der Waals surface area contributed by atoms with Gasteiger partial charge in [0.1, 0.15) is 0 Å². The lowest BCUT2D eigenvalue weighted by molar-refractivity contribution is -0.134. The first-order valence-electron chi connectivity index (χ1n) is 4.18. The second kappa shape index (κ2) is 2.24. The summed E-state index contributed by atoms with van der Waals surface area (Å²) in [5.74, 6) is -0.279. The molecule has 74 valence electrons. The minimum Gasteiger partial charge on any atom is -0.312 e. The minimum absolute atomic E-state index is 0.148. The van der Waals surface area contributed by atoms with Crippen LogP contribution in [0.25, 0.3) is 0 Å². The number of sulfonamides is 1. The van der Waals surface area contributed by atoms with Gasteiger partial charge in [0.05, 0.1) is 6.04 Å². The Morgan fingerprint density at radius 1 is 1.46 bits per heavy atom. The highest BCUT2D eigenvalue weighted by Crippen LogP contribution is 2.37. The molecule has 2 aliphatic heterocycles. The van der Waals surface area contributed by atoms with Gasteiger partial charge in [0.2, 0.25) is 0 Å². The predicted molar refractivity (Wildman–Crippen MR) is 46.5 cm³/mol. The Labute approximate surface area is 77.1 Å². The van der Waals surface area contributed by atoms with E-state index in [4.69, 9.17) is 0 Å². The van der Waals surface area contributed by atoms with Gasteiger partial charge in [-0.1, -0.05) is 0 Å². The van der Waals surface area contributed by atoms with Crippen LogP contribution >= 0.6 is 0 Å². The third-order valence-electron chi connectivity index (χ3n) is 2.71. The molecular weight excluding hydrogens is 192 g/mol. The van der Waals surface area contributed by atoms with Gasteiger partial charge in [-0.15, -0.1) is 0 Å². The second-order valence-corrected chi connectivity index (χ2v) is 6.29. The lowest BCUT2D eigenvalue weighted by Gasteiger charge is -2.49. The molecule has 0 aromatic carbocycles. The summed E-state index contributed by atoms with van der Waals surface area (Å²) in [7, 11) is -3.37. The van der Waals surface area contributed by atoms with Gasteiger partial charge in [-0.05, 0) is 13.8 Å². The third kappa shape index (κ3) is 0.847. The van der Waals surface area contributed by atoms with Crippen molar-refractivity contribution in [1.29, 1.82) is 0 Å². The molecule has 0 aromatic rings. The van der Waals surface area contributed by atoms with Crippen LogP contribution in [-0.4, -0.2) is 42.5 Å². The number of hydrogen-bond acceptors (Lipinski definition) is 4. The van der Waals surface area contributed by atoms with E-state index in [0.29, 0.717) is 13.1 Å². The van der Waals surface area contributed by atoms with E-state index in [0.717, 1.165) is 4.31 Å². The van der Waals surface area contributed by atoms with Crippen molar-refractivity contribution in [2.75, 3.05) is 13.1 Å². The Morgan fingerprint density at radius 3 is 2.31 bits per heavy atom. The van der Waals surface area contributed by atoms with E-state index in [9.17, 15) is 13.2 Å². The van der Waals surface area contributed by atoms with Crippen molar-refractivity contribution in [2.24, 2.45) is 0 Å². The van der Waals surface area contributed by atoms with Crippen molar-refractivity contribution in [3.05, 3.63) is 0 Å². The van der Waals surface area contributed by atoms with E-state index in [2.05, 4.69) is 5.32 Å². The summed E-state index contributed by atoms with van der Waals surface area (Å²) in [5.41, 5.74) is 0. The van der Waals surface area contributed by atoms with Crippen molar-refractivity contribution in [3.63, 3.8) is 0 Å². The van der Waals surface area contributed by atoms with E-state index in [1.165, 1.54) is 13.8 Å². The lowest BCUT2D eigenvalue weighted by Crippen LogP contribution is -2.75. The monoisotopic (exact) mass is 204 g/mol. The Morgan fingerprint density at radius 2 is 2.00 bits per heavy atom. The molecule has 1 amide bonds. The smallest absolute Gasteiger partial charge is 0.259 e. The number of carbonyl (C=O) groups excluding carboxylic acids is 1. The van der Waals surface area contributed by atoms with Crippen molar-refractivity contribution in [1.82, 2.24) is 9.62 Å². The van der Waals surface area contributed by atoms with E-state index in [1.54, 1.807) is 0 Å². The van der Waals surface area contributed by atoms with Crippen LogP contribution in [0.4, 0.5) is 0 Å². The highest BCUT2D eigenvalue weighted by molar-refractivity contribution is 7.94. The van der Waals surface area contributed by atoms with Gasteiger partial charge in [0.15, 0.2) is 4.75 Å². The summed E-state index contributed by atoms with van der Waals surface area (Å²) >= 11 is 0.